The van der Waals surface area contributed by atoms with Crippen LogP contribution in [0.5, 0.6) is 11.5 Å². The Morgan fingerprint density at radius 1 is 0.950 bits per heavy atom. The maximum Gasteiger partial charge on any atom is 0.171 e. The first-order valence-corrected chi connectivity index (χ1v) is 16.5. The van der Waals surface area contributed by atoms with Crippen LogP contribution in [0.1, 0.15) is 64.3 Å². The maximum atomic E-state index is 14.3. The van der Waals surface area contributed by atoms with Gasteiger partial charge in [-0.15, -0.1) is 0 Å². The second-order valence-corrected chi connectivity index (χ2v) is 17.7. The van der Waals surface area contributed by atoms with Crippen LogP contribution < -0.4 is 9.47 Å². The third-order valence-electron chi connectivity index (χ3n) is 8.06. The van der Waals surface area contributed by atoms with E-state index in [1.807, 2.05) is 12.1 Å². The van der Waals surface area contributed by atoms with E-state index in [1.165, 1.54) is 13.2 Å². The van der Waals surface area contributed by atoms with Gasteiger partial charge in [-0.3, -0.25) is 0 Å². The number of hydrogen-bond acceptors (Lipinski definition) is 4. The zero-order chi connectivity index (χ0) is 29.4. The Morgan fingerprint density at radius 3 is 2.23 bits per heavy atom. The van der Waals surface area contributed by atoms with Gasteiger partial charge in [0, 0.05) is 45.6 Å². The first kappa shape index (κ1) is 30.4. The average molecular weight is 604 g/mol. The molecule has 0 spiro atoms. The van der Waals surface area contributed by atoms with Crippen LogP contribution in [0.25, 0.3) is 11.0 Å². The van der Waals surface area contributed by atoms with E-state index in [0.29, 0.717) is 49.3 Å². The van der Waals surface area contributed by atoms with Crippen molar-refractivity contribution in [2.75, 3.05) is 7.11 Å². The minimum atomic E-state index is -2.16. The monoisotopic (exact) mass is 602 g/mol. The molecule has 0 saturated carbocycles. The van der Waals surface area contributed by atoms with Crippen LogP contribution in [-0.2, 0) is 6.61 Å². The lowest BCUT2D eigenvalue weighted by Crippen LogP contribution is -2.51. The van der Waals surface area contributed by atoms with Crippen molar-refractivity contribution in [3.05, 3.63) is 87.4 Å². The molecule has 1 unspecified atom stereocenters. The average Bonchev–Trinajstić information content (AvgIpc) is 3.27. The smallest absolute Gasteiger partial charge is 0.171 e. The largest absolute Gasteiger partial charge is 0.493 e. The Labute approximate surface area is 246 Å². The van der Waals surface area contributed by atoms with Crippen molar-refractivity contribution in [3.63, 3.8) is 0 Å². The lowest BCUT2D eigenvalue weighted by atomic mass is 10.0. The Kier molecular flexibility index (Phi) is 9.20. The molecule has 1 atom stereocenters. The second kappa shape index (κ2) is 12.1. The summed E-state index contributed by atoms with van der Waals surface area (Å²) in [6.07, 6.45) is 2.86. The van der Waals surface area contributed by atoms with Gasteiger partial charge in [0.15, 0.2) is 19.7 Å². The minimum Gasteiger partial charge on any atom is -0.493 e. The van der Waals surface area contributed by atoms with Crippen molar-refractivity contribution in [2.24, 2.45) is 0 Å². The molecule has 0 aliphatic heterocycles. The van der Waals surface area contributed by atoms with Crippen molar-refractivity contribution < 1.29 is 19.0 Å². The summed E-state index contributed by atoms with van der Waals surface area (Å²) >= 11 is 12.6. The van der Waals surface area contributed by atoms with Crippen LogP contribution >= 0.6 is 23.2 Å². The zero-order valence-electron chi connectivity index (χ0n) is 24.0. The Morgan fingerprint density at radius 2 is 1.62 bits per heavy atom. The fourth-order valence-corrected chi connectivity index (χ4v) is 13.4. The maximum absolute atomic E-state index is 14.3. The van der Waals surface area contributed by atoms with Gasteiger partial charge in [0.05, 0.1) is 12.1 Å². The Bertz CT molecular complexity index is 1480. The van der Waals surface area contributed by atoms with Gasteiger partial charge >= 0.3 is 0 Å². The lowest BCUT2D eigenvalue weighted by Gasteiger charge is -2.44. The SMILES string of the molecule is COc1cc(C(O)c2cn([Si](C(C)C)(C(C)C)C(C)C)c3ncccc23)c(Cl)cc1OCc1ccc(Cl)cc1F. The second-order valence-electron chi connectivity index (χ2n) is 11.1. The summed E-state index contributed by atoms with van der Waals surface area (Å²) in [6, 6.07) is 11.6. The topological polar surface area (TPSA) is 56.5 Å². The van der Waals surface area contributed by atoms with Crippen molar-refractivity contribution in [3.8, 4) is 11.5 Å². The van der Waals surface area contributed by atoms with Crippen molar-refractivity contribution in [2.45, 2.75) is 70.9 Å². The normalized spacial score (nSPS) is 13.1. The van der Waals surface area contributed by atoms with Gasteiger partial charge in [-0.05, 0) is 47.0 Å². The Balaban J connectivity index is 1.78. The lowest BCUT2D eigenvalue weighted by molar-refractivity contribution is 0.220. The number of fused-ring (bicyclic) bond motifs is 1. The number of aliphatic hydroxyl groups is 1. The fourth-order valence-electron chi connectivity index (χ4n) is 6.43. The molecule has 4 rings (SSSR count). The number of rotatable bonds is 10. The number of hydrogen-bond donors (Lipinski definition) is 1. The van der Waals surface area contributed by atoms with E-state index in [9.17, 15) is 9.50 Å². The standard InChI is InChI=1S/C31H37Cl2FN2O3Si/c1-18(2)40(19(3)4,20(5)6)36-16-25(23-9-8-12-35-31(23)36)30(37)24-14-28(38-7)29(15-26(24)33)39-17-21-10-11-22(32)13-27(21)34/h8-16,18-20,30,37H,17H2,1-7H3. The fraction of sp³-hybridized carbons (Fsp3) is 0.387. The molecule has 0 amide bonds. The van der Waals surface area contributed by atoms with Gasteiger partial charge in [0.1, 0.15) is 24.2 Å². The van der Waals surface area contributed by atoms with Crippen LogP contribution in [-0.4, -0.2) is 29.7 Å². The molecule has 1 N–H and O–H groups in total. The summed E-state index contributed by atoms with van der Waals surface area (Å²) in [7, 11) is -0.647. The first-order valence-electron chi connectivity index (χ1n) is 13.5. The Hall–Kier alpha value is -2.58. The molecule has 214 valence electrons. The van der Waals surface area contributed by atoms with Crippen LogP contribution in [0, 0.1) is 5.82 Å². The number of nitrogens with zero attached hydrogens (tertiary/aromatic N) is 2. The molecule has 0 saturated heterocycles. The number of ether oxygens (including phenoxy) is 2. The van der Waals surface area contributed by atoms with Crippen LogP contribution in [0.4, 0.5) is 4.39 Å². The highest BCUT2D eigenvalue weighted by Crippen LogP contribution is 2.46. The van der Waals surface area contributed by atoms with Gasteiger partial charge in [-0.25, -0.2) is 9.37 Å². The third kappa shape index (κ3) is 5.37. The molecule has 2 aromatic heterocycles. The summed E-state index contributed by atoms with van der Waals surface area (Å²) in [5.41, 5.74) is 3.79. The van der Waals surface area contributed by atoms with Gasteiger partial charge in [0.2, 0.25) is 0 Å². The highest BCUT2D eigenvalue weighted by molar-refractivity contribution is 6.82. The molecule has 5 nitrogen and oxygen atoms in total. The molecule has 0 aliphatic carbocycles. The molecular weight excluding hydrogens is 566 g/mol. The third-order valence-corrected chi connectivity index (χ3v) is 15.3. The zero-order valence-corrected chi connectivity index (χ0v) is 26.5. The van der Waals surface area contributed by atoms with E-state index < -0.39 is 20.2 Å². The number of aliphatic hydroxyl groups excluding tert-OH is 1. The highest BCUT2D eigenvalue weighted by Gasteiger charge is 2.46. The predicted octanol–water partition coefficient (Wildman–Crippen LogP) is 9.18. The molecule has 0 bridgehead atoms. The number of pyridine rings is 1. The van der Waals surface area contributed by atoms with Crippen molar-refractivity contribution in [1.29, 1.82) is 0 Å². The van der Waals surface area contributed by atoms with Gasteiger partial charge in [0.25, 0.3) is 0 Å². The van der Waals surface area contributed by atoms with Crippen molar-refractivity contribution in [1.82, 2.24) is 9.22 Å². The van der Waals surface area contributed by atoms with Gasteiger partial charge in [-0.2, -0.15) is 0 Å². The molecule has 9 heteroatoms. The van der Waals surface area contributed by atoms with Gasteiger partial charge < -0.3 is 18.8 Å². The summed E-state index contributed by atoms with van der Waals surface area (Å²) < 4.78 is 28.1. The van der Waals surface area contributed by atoms with E-state index in [-0.39, 0.29) is 6.61 Å². The molecule has 0 fully saturated rings. The molecule has 2 heterocycles. The van der Waals surface area contributed by atoms with Gasteiger partial charge in [-0.1, -0.05) is 70.8 Å². The minimum absolute atomic E-state index is 0.0386. The number of methoxy groups -OCH3 is 1. The first-order chi connectivity index (χ1) is 18.9. The summed E-state index contributed by atoms with van der Waals surface area (Å²) in [6.45, 7) is 13.8. The van der Waals surface area contributed by atoms with E-state index >= 15 is 0 Å². The van der Waals surface area contributed by atoms with E-state index in [2.05, 4.69) is 52.0 Å². The highest BCUT2D eigenvalue weighted by atomic mass is 35.5. The van der Waals surface area contributed by atoms with E-state index in [4.69, 9.17) is 37.7 Å². The molecule has 40 heavy (non-hydrogen) atoms. The molecule has 0 aliphatic rings. The molecule has 0 radical (unpaired) electrons. The van der Waals surface area contributed by atoms with E-state index in [0.717, 1.165) is 16.6 Å². The number of halogens is 3. The van der Waals surface area contributed by atoms with Crippen LogP contribution in [0.15, 0.2) is 54.9 Å². The van der Waals surface area contributed by atoms with Crippen LogP contribution in [0.2, 0.25) is 26.7 Å². The number of aromatic nitrogens is 2. The van der Waals surface area contributed by atoms with E-state index in [1.54, 1.807) is 30.5 Å². The molecule has 2 aromatic carbocycles. The molecule has 4 aromatic rings. The molecular formula is C31H37Cl2FN2O3Si. The summed E-state index contributed by atoms with van der Waals surface area (Å²) in [5, 5.41) is 13.3. The summed E-state index contributed by atoms with van der Waals surface area (Å²) in [4.78, 5) is 4.80. The quantitative estimate of drug-likeness (QED) is 0.184. The number of benzene rings is 2. The van der Waals surface area contributed by atoms with Crippen molar-refractivity contribution >= 4 is 42.5 Å². The van der Waals surface area contributed by atoms with Crippen LogP contribution in [0.3, 0.4) is 0 Å². The predicted molar refractivity (Wildman–Crippen MR) is 164 cm³/mol. The summed E-state index contributed by atoms with van der Waals surface area (Å²) in [5.74, 6) is 0.260.